The van der Waals surface area contributed by atoms with Crippen LogP contribution < -0.4 is 5.32 Å². The molecule has 1 aromatic rings. The summed E-state index contributed by atoms with van der Waals surface area (Å²) in [6.45, 7) is 3.68. The molecule has 5 nitrogen and oxygen atoms in total. The molecule has 1 amide bonds. The van der Waals surface area contributed by atoms with Gasteiger partial charge in [0.25, 0.3) is 0 Å². The SMILES string of the molecule is CCC(C)N(CC(=O)O)CC(=O)Nc1ccc(Br)cc1Cl. The van der Waals surface area contributed by atoms with Gasteiger partial charge in [-0.3, -0.25) is 14.5 Å². The van der Waals surface area contributed by atoms with Crippen LogP contribution in [0.4, 0.5) is 5.69 Å². The van der Waals surface area contributed by atoms with E-state index < -0.39 is 5.97 Å². The maximum Gasteiger partial charge on any atom is 0.317 e. The number of hydrogen-bond acceptors (Lipinski definition) is 3. The summed E-state index contributed by atoms with van der Waals surface area (Å²) in [5.41, 5.74) is 0.504. The normalized spacial score (nSPS) is 12.2. The molecule has 0 saturated carbocycles. The Morgan fingerprint density at radius 2 is 2.10 bits per heavy atom. The van der Waals surface area contributed by atoms with Gasteiger partial charge >= 0.3 is 5.97 Å². The van der Waals surface area contributed by atoms with Gasteiger partial charge in [-0.1, -0.05) is 34.5 Å². The van der Waals surface area contributed by atoms with Crippen molar-refractivity contribution in [3.8, 4) is 0 Å². The van der Waals surface area contributed by atoms with Crippen LogP contribution in [0.15, 0.2) is 22.7 Å². The number of aliphatic carboxylic acids is 1. The Bertz CT molecular complexity index is 525. The number of carbonyl (C=O) groups excluding carboxylic acids is 1. The molecule has 0 radical (unpaired) electrons. The summed E-state index contributed by atoms with van der Waals surface area (Å²) in [6.07, 6.45) is 0.763. The number of rotatable bonds is 7. The lowest BCUT2D eigenvalue weighted by Gasteiger charge is -2.25. The summed E-state index contributed by atoms with van der Waals surface area (Å²) < 4.78 is 0.817. The molecule has 0 saturated heterocycles. The molecular formula is C14H18BrClN2O3. The van der Waals surface area contributed by atoms with Gasteiger partial charge in [0, 0.05) is 10.5 Å². The molecular weight excluding hydrogens is 360 g/mol. The predicted molar refractivity (Wildman–Crippen MR) is 86.7 cm³/mol. The highest BCUT2D eigenvalue weighted by atomic mass is 79.9. The van der Waals surface area contributed by atoms with Gasteiger partial charge in [0.15, 0.2) is 0 Å². The first-order chi connectivity index (χ1) is 9.83. The molecule has 0 bridgehead atoms. The van der Waals surface area contributed by atoms with E-state index in [0.29, 0.717) is 10.7 Å². The molecule has 21 heavy (non-hydrogen) atoms. The lowest BCUT2D eigenvalue weighted by molar-refractivity contribution is -0.139. The first-order valence-corrected chi connectivity index (χ1v) is 7.71. The van der Waals surface area contributed by atoms with E-state index in [-0.39, 0.29) is 25.0 Å². The third-order valence-corrected chi connectivity index (χ3v) is 3.91. The largest absolute Gasteiger partial charge is 0.480 e. The van der Waals surface area contributed by atoms with Gasteiger partial charge in [0.05, 0.1) is 23.8 Å². The molecule has 1 atom stereocenters. The maximum absolute atomic E-state index is 12.0. The number of halogens is 2. The monoisotopic (exact) mass is 376 g/mol. The zero-order chi connectivity index (χ0) is 16.0. The second-order valence-corrected chi connectivity index (χ2v) is 6.05. The van der Waals surface area contributed by atoms with E-state index in [2.05, 4.69) is 21.2 Å². The average Bonchev–Trinajstić information content (AvgIpc) is 2.39. The third-order valence-electron chi connectivity index (χ3n) is 3.10. The molecule has 0 spiro atoms. The Balaban J connectivity index is 2.71. The summed E-state index contributed by atoms with van der Waals surface area (Å²) in [7, 11) is 0. The fourth-order valence-corrected chi connectivity index (χ4v) is 2.49. The highest BCUT2D eigenvalue weighted by molar-refractivity contribution is 9.10. The van der Waals surface area contributed by atoms with E-state index in [1.165, 1.54) is 0 Å². The summed E-state index contributed by atoms with van der Waals surface area (Å²) in [5.74, 6) is -1.24. The smallest absolute Gasteiger partial charge is 0.317 e. The molecule has 2 N–H and O–H groups in total. The molecule has 0 fully saturated rings. The summed E-state index contributed by atoms with van der Waals surface area (Å²) in [6, 6.07) is 5.15. The minimum Gasteiger partial charge on any atom is -0.480 e. The van der Waals surface area contributed by atoms with Crippen molar-refractivity contribution in [1.82, 2.24) is 4.90 Å². The molecule has 0 aliphatic rings. The first kappa shape index (κ1) is 17.9. The number of hydrogen-bond donors (Lipinski definition) is 2. The van der Waals surface area contributed by atoms with Crippen LogP contribution >= 0.6 is 27.5 Å². The van der Waals surface area contributed by atoms with Gasteiger partial charge in [0.2, 0.25) is 5.91 Å². The number of carboxylic acid groups (broad SMARTS) is 1. The van der Waals surface area contributed by atoms with Crippen molar-refractivity contribution < 1.29 is 14.7 Å². The number of nitrogens with one attached hydrogen (secondary N) is 1. The van der Waals surface area contributed by atoms with Crippen molar-refractivity contribution in [2.45, 2.75) is 26.3 Å². The molecule has 1 rings (SSSR count). The van der Waals surface area contributed by atoms with Crippen molar-refractivity contribution in [3.05, 3.63) is 27.7 Å². The van der Waals surface area contributed by atoms with Crippen LogP contribution in [0.5, 0.6) is 0 Å². The number of carbonyl (C=O) groups is 2. The van der Waals surface area contributed by atoms with Crippen LogP contribution in [-0.4, -0.2) is 41.0 Å². The lowest BCUT2D eigenvalue weighted by atomic mass is 10.2. The average molecular weight is 378 g/mol. The van der Waals surface area contributed by atoms with Gasteiger partial charge in [0.1, 0.15) is 0 Å². The molecule has 0 aliphatic heterocycles. The van der Waals surface area contributed by atoms with Crippen molar-refractivity contribution >= 4 is 45.1 Å². The van der Waals surface area contributed by atoms with Crippen LogP contribution in [0.3, 0.4) is 0 Å². The Hall–Kier alpha value is -1.11. The first-order valence-electron chi connectivity index (χ1n) is 6.54. The van der Waals surface area contributed by atoms with Crippen LogP contribution in [0.25, 0.3) is 0 Å². The highest BCUT2D eigenvalue weighted by Crippen LogP contribution is 2.25. The number of nitrogens with zero attached hydrogens (tertiary/aromatic N) is 1. The number of anilines is 1. The van der Waals surface area contributed by atoms with Crippen LogP contribution in [-0.2, 0) is 9.59 Å². The number of benzene rings is 1. The zero-order valence-electron chi connectivity index (χ0n) is 11.9. The van der Waals surface area contributed by atoms with E-state index in [0.717, 1.165) is 10.9 Å². The zero-order valence-corrected chi connectivity index (χ0v) is 14.2. The summed E-state index contributed by atoms with van der Waals surface area (Å²) in [4.78, 5) is 24.5. The van der Waals surface area contributed by atoms with Crippen molar-refractivity contribution in [3.63, 3.8) is 0 Å². The van der Waals surface area contributed by atoms with Crippen LogP contribution in [0.1, 0.15) is 20.3 Å². The van der Waals surface area contributed by atoms with Crippen molar-refractivity contribution in [2.24, 2.45) is 0 Å². The third kappa shape index (κ3) is 6.03. The van der Waals surface area contributed by atoms with E-state index in [1.54, 1.807) is 23.1 Å². The second-order valence-electron chi connectivity index (χ2n) is 4.73. The quantitative estimate of drug-likeness (QED) is 0.765. The summed E-state index contributed by atoms with van der Waals surface area (Å²) >= 11 is 9.32. The molecule has 1 unspecified atom stereocenters. The van der Waals surface area contributed by atoms with Gasteiger partial charge in [-0.2, -0.15) is 0 Å². The molecule has 116 valence electrons. The van der Waals surface area contributed by atoms with E-state index in [1.807, 2.05) is 13.8 Å². The Kier molecular flexibility index (Phi) is 7.14. The van der Waals surface area contributed by atoms with Crippen molar-refractivity contribution in [2.75, 3.05) is 18.4 Å². The van der Waals surface area contributed by atoms with Gasteiger partial charge in [-0.15, -0.1) is 0 Å². The van der Waals surface area contributed by atoms with Crippen molar-refractivity contribution in [1.29, 1.82) is 0 Å². The molecule has 0 heterocycles. The minimum absolute atomic E-state index is 0.00670. The van der Waals surface area contributed by atoms with Gasteiger partial charge < -0.3 is 10.4 Å². The van der Waals surface area contributed by atoms with Gasteiger partial charge in [-0.05, 0) is 31.5 Å². The Labute approximate surface area is 137 Å². The predicted octanol–water partition coefficient (Wildman–Crippen LogP) is 3.23. The van der Waals surface area contributed by atoms with E-state index in [9.17, 15) is 9.59 Å². The van der Waals surface area contributed by atoms with Gasteiger partial charge in [-0.25, -0.2) is 0 Å². The van der Waals surface area contributed by atoms with Crippen LogP contribution in [0, 0.1) is 0 Å². The standard InChI is InChI=1S/C14H18BrClN2O3/c1-3-9(2)18(8-14(20)21)7-13(19)17-12-5-4-10(15)6-11(12)16/h4-6,9H,3,7-8H2,1-2H3,(H,17,19)(H,20,21). The lowest BCUT2D eigenvalue weighted by Crippen LogP contribution is -2.42. The summed E-state index contributed by atoms with van der Waals surface area (Å²) in [5, 5.41) is 12.0. The van der Waals surface area contributed by atoms with Crippen LogP contribution in [0.2, 0.25) is 5.02 Å². The Morgan fingerprint density at radius 3 is 2.62 bits per heavy atom. The minimum atomic E-state index is -0.954. The van der Waals surface area contributed by atoms with E-state index >= 15 is 0 Å². The van der Waals surface area contributed by atoms with E-state index in [4.69, 9.17) is 16.7 Å². The fourth-order valence-electron chi connectivity index (χ4n) is 1.76. The highest BCUT2D eigenvalue weighted by Gasteiger charge is 2.19. The molecule has 0 aliphatic carbocycles. The molecule has 7 heteroatoms. The number of amides is 1. The maximum atomic E-state index is 12.0. The molecule has 0 aromatic heterocycles. The topological polar surface area (TPSA) is 69.6 Å². The fraction of sp³-hybridized carbons (Fsp3) is 0.429. The second kappa shape index (κ2) is 8.36. The Morgan fingerprint density at radius 1 is 1.43 bits per heavy atom. The number of carboxylic acids is 1. The molecule has 1 aromatic carbocycles.